The number of aryl methyl sites for hydroxylation is 1. The van der Waals surface area contributed by atoms with E-state index in [1.54, 1.807) is 6.07 Å². The molecule has 2 fully saturated rings. The van der Waals surface area contributed by atoms with Crippen molar-refractivity contribution < 1.29 is 13.2 Å². The topological polar surface area (TPSA) is 60.9 Å². The van der Waals surface area contributed by atoms with Crippen molar-refractivity contribution in [2.75, 3.05) is 44.2 Å². The van der Waals surface area contributed by atoms with Gasteiger partial charge in [-0.2, -0.15) is 4.31 Å². The zero-order valence-corrected chi connectivity index (χ0v) is 24.2. The molecule has 1 amide bonds. The highest BCUT2D eigenvalue weighted by molar-refractivity contribution is 9.10. The molecular weight excluding hydrogens is 569 g/mol. The third-order valence-corrected chi connectivity index (χ3v) is 11.8. The van der Waals surface area contributed by atoms with E-state index < -0.39 is 15.9 Å². The molecule has 0 bridgehead atoms. The van der Waals surface area contributed by atoms with Gasteiger partial charge in [0.15, 0.2) is 0 Å². The Morgan fingerprint density at radius 2 is 1.70 bits per heavy atom. The van der Waals surface area contributed by atoms with E-state index in [2.05, 4.69) is 52.9 Å². The van der Waals surface area contributed by atoms with Crippen molar-refractivity contribution >= 4 is 61.5 Å². The van der Waals surface area contributed by atoms with Crippen molar-refractivity contribution in [3.8, 4) is 0 Å². The molecule has 0 saturated carbocycles. The molecule has 0 aliphatic carbocycles. The number of rotatable bonds is 5. The van der Waals surface area contributed by atoms with Crippen LogP contribution < -0.4 is 9.68 Å². The summed E-state index contributed by atoms with van der Waals surface area (Å²) in [5, 5.41) is 0. The van der Waals surface area contributed by atoms with Gasteiger partial charge in [-0.1, -0.05) is 58.4 Å². The molecule has 5 rings (SSSR count). The van der Waals surface area contributed by atoms with Crippen LogP contribution in [0.25, 0.3) is 0 Å². The third-order valence-electron chi connectivity index (χ3n) is 7.62. The summed E-state index contributed by atoms with van der Waals surface area (Å²) in [5.41, 5.74) is 4.73. The average Bonchev–Trinajstić information content (AvgIpc) is 3.50. The average molecular weight is 598 g/mol. The van der Waals surface area contributed by atoms with E-state index in [0.717, 1.165) is 30.0 Å². The summed E-state index contributed by atoms with van der Waals surface area (Å²) in [6, 6.07) is 17.7. The minimum absolute atomic E-state index is 0.0269. The molecule has 0 spiro atoms. The first-order valence-corrected chi connectivity index (χ1v) is 15.4. The largest absolute Gasteiger partial charge is 0.368 e. The molecule has 2 aromatic carbocycles. The van der Waals surface area contributed by atoms with Crippen LogP contribution in [0, 0.1) is 19.8 Å². The maximum atomic E-state index is 13.9. The molecule has 3 aromatic rings. The number of carbonyl (C=O) groups excluding carboxylic acids is 1. The number of anilines is 1. The van der Waals surface area contributed by atoms with Crippen molar-refractivity contribution in [2.24, 2.45) is 5.92 Å². The fourth-order valence-corrected chi connectivity index (χ4v) is 8.91. The monoisotopic (exact) mass is 597 g/mol. The van der Waals surface area contributed by atoms with E-state index in [-0.39, 0.29) is 29.1 Å². The summed E-state index contributed by atoms with van der Waals surface area (Å²) in [4.78, 5) is 18.1. The summed E-state index contributed by atoms with van der Waals surface area (Å²) >= 11 is 4.36. The molecule has 2 saturated heterocycles. The van der Waals surface area contributed by atoms with Gasteiger partial charge in [-0.15, -0.1) is 11.3 Å². The van der Waals surface area contributed by atoms with Crippen LogP contribution in [0.5, 0.6) is 0 Å². The van der Waals surface area contributed by atoms with Gasteiger partial charge in [0.1, 0.15) is 12.1 Å². The summed E-state index contributed by atoms with van der Waals surface area (Å²) in [7, 11) is 2.15. The van der Waals surface area contributed by atoms with Crippen molar-refractivity contribution in [2.45, 2.75) is 24.0 Å². The summed E-state index contributed by atoms with van der Waals surface area (Å²) in [6.45, 7) is 7.42. The smallest absolute Gasteiger partial charge is 0.252 e. The van der Waals surface area contributed by atoms with E-state index in [9.17, 15) is 13.2 Å². The van der Waals surface area contributed by atoms with Gasteiger partial charge < -0.3 is 9.80 Å². The number of halogens is 1. The number of benzene rings is 2. The zero-order chi connectivity index (χ0) is 26.3. The second kappa shape index (κ2) is 10.6. The number of piperazine rings is 1. The van der Waals surface area contributed by atoms with Gasteiger partial charge in [-0.05, 0) is 47.4 Å². The van der Waals surface area contributed by atoms with Crippen molar-refractivity contribution in [1.29, 1.82) is 0 Å². The lowest BCUT2D eigenvalue weighted by molar-refractivity contribution is -0.135. The minimum atomic E-state index is -3.77. The molecule has 0 N–H and O–H groups in total. The Morgan fingerprint density at radius 1 is 1.00 bits per heavy atom. The van der Waals surface area contributed by atoms with Crippen LogP contribution in [-0.4, -0.2) is 70.6 Å². The van der Waals surface area contributed by atoms with Crippen LogP contribution in [0.15, 0.2) is 63.3 Å². The maximum Gasteiger partial charge on any atom is 0.252 e. The molecular formula is C27H29BBrN3O3S2. The standard InChI is InChI=1S/C27H29BBrN3O3S2/c1-18-7-6-10-24(19(18)2)30-11-13-31(14-12-30)27(33)22-17-32(16-21(22)20-8-4-3-5-9-20)37(34,35)25-15-23(29)26(28)36-25/h3-10,15,21-22H,11-14,16-17H2,1-2H3/t21-,22+/m0/s1. The van der Waals surface area contributed by atoms with Gasteiger partial charge in [0.25, 0.3) is 10.0 Å². The lowest BCUT2D eigenvalue weighted by Crippen LogP contribution is -2.51. The second-order valence-electron chi connectivity index (χ2n) is 9.75. The van der Waals surface area contributed by atoms with Crippen LogP contribution in [0.4, 0.5) is 5.69 Å². The molecule has 2 aliphatic heterocycles. The van der Waals surface area contributed by atoms with E-state index in [4.69, 9.17) is 7.85 Å². The fourth-order valence-electron chi connectivity index (χ4n) is 5.35. The normalized spacial score (nSPS) is 20.9. The molecule has 192 valence electrons. The number of hydrogen-bond donors (Lipinski definition) is 0. The SMILES string of the molecule is [B]c1sc(S(=O)(=O)N2C[C@@H](C(=O)N3CCN(c4cccc(C)c4C)CC3)[C@H](c3ccccc3)C2)cc1Br. The van der Waals surface area contributed by atoms with E-state index >= 15 is 0 Å². The first-order chi connectivity index (χ1) is 17.7. The Balaban J connectivity index is 1.36. The van der Waals surface area contributed by atoms with E-state index in [1.807, 2.05) is 35.2 Å². The fraction of sp³-hybridized carbons (Fsp3) is 0.370. The quantitative estimate of drug-likeness (QED) is 0.421. The molecule has 0 unspecified atom stereocenters. The number of thiophene rings is 1. The Kier molecular flexibility index (Phi) is 7.55. The minimum Gasteiger partial charge on any atom is -0.368 e. The Hall–Kier alpha value is -2.14. The molecule has 3 heterocycles. The molecule has 1 aromatic heterocycles. The molecule has 37 heavy (non-hydrogen) atoms. The summed E-state index contributed by atoms with van der Waals surface area (Å²) in [6.07, 6.45) is 0. The van der Waals surface area contributed by atoms with Crippen molar-refractivity contribution in [3.63, 3.8) is 0 Å². The van der Waals surface area contributed by atoms with Crippen LogP contribution in [0.1, 0.15) is 22.6 Å². The van der Waals surface area contributed by atoms with Crippen LogP contribution in [0.3, 0.4) is 0 Å². The Bertz CT molecular complexity index is 1390. The highest BCUT2D eigenvalue weighted by Gasteiger charge is 2.45. The third kappa shape index (κ3) is 5.13. The van der Waals surface area contributed by atoms with Gasteiger partial charge in [-0.25, -0.2) is 8.42 Å². The van der Waals surface area contributed by atoms with Crippen molar-refractivity contribution in [3.05, 3.63) is 75.8 Å². The maximum absolute atomic E-state index is 13.9. The highest BCUT2D eigenvalue weighted by Crippen LogP contribution is 2.38. The van der Waals surface area contributed by atoms with Gasteiger partial charge in [0.05, 0.1) is 5.92 Å². The van der Waals surface area contributed by atoms with E-state index in [0.29, 0.717) is 22.3 Å². The first-order valence-electron chi connectivity index (χ1n) is 12.4. The van der Waals surface area contributed by atoms with Crippen LogP contribution in [-0.2, 0) is 14.8 Å². The Morgan fingerprint density at radius 3 is 2.35 bits per heavy atom. The highest BCUT2D eigenvalue weighted by atomic mass is 79.9. The van der Waals surface area contributed by atoms with E-state index in [1.165, 1.54) is 21.1 Å². The predicted octanol–water partition coefficient (Wildman–Crippen LogP) is 3.67. The van der Waals surface area contributed by atoms with Gasteiger partial charge in [-0.3, -0.25) is 4.79 Å². The van der Waals surface area contributed by atoms with Crippen LogP contribution >= 0.6 is 27.3 Å². The summed E-state index contributed by atoms with van der Waals surface area (Å²) in [5.74, 6) is -0.620. The Labute approximate surface area is 232 Å². The summed E-state index contributed by atoms with van der Waals surface area (Å²) < 4.78 is 29.7. The zero-order valence-electron chi connectivity index (χ0n) is 20.9. The second-order valence-corrected chi connectivity index (χ2v) is 13.9. The van der Waals surface area contributed by atoms with Crippen LogP contribution in [0.2, 0.25) is 0 Å². The van der Waals surface area contributed by atoms with Crippen molar-refractivity contribution in [1.82, 2.24) is 9.21 Å². The molecule has 2 radical (unpaired) electrons. The number of hydrogen-bond acceptors (Lipinski definition) is 5. The molecule has 6 nitrogen and oxygen atoms in total. The predicted molar refractivity (Wildman–Crippen MR) is 154 cm³/mol. The number of nitrogens with zero attached hydrogens (tertiary/aromatic N) is 3. The van der Waals surface area contributed by atoms with Gasteiger partial charge in [0.2, 0.25) is 5.91 Å². The molecule has 2 aliphatic rings. The lowest BCUT2D eigenvalue weighted by Gasteiger charge is -2.38. The van der Waals surface area contributed by atoms with Gasteiger partial charge >= 0.3 is 0 Å². The number of sulfonamides is 1. The molecule has 10 heteroatoms. The lowest BCUT2D eigenvalue weighted by atomic mass is 9.88. The van der Waals surface area contributed by atoms with Gasteiger partial charge in [0, 0.05) is 55.3 Å². The number of amides is 1. The first kappa shape index (κ1) is 26.5. The number of carbonyl (C=O) groups is 1. The molecule has 2 atom stereocenters.